The van der Waals surface area contributed by atoms with Crippen LogP contribution in [0, 0.1) is 0 Å². The fourth-order valence-electron chi connectivity index (χ4n) is 1.48. The molecular weight excluding hydrogens is 784 g/mol. The Morgan fingerprint density at radius 3 is 1.74 bits per heavy atom. The first kappa shape index (κ1) is 20.9. The molecule has 2 aromatic carbocycles. The van der Waals surface area contributed by atoms with Crippen LogP contribution in [-0.2, 0) is 10.1 Å². The highest BCUT2D eigenvalue weighted by atomic mass is 79.9. The van der Waals surface area contributed by atoms with Crippen LogP contribution < -0.4 is 4.18 Å². The summed E-state index contributed by atoms with van der Waals surface area (Å²) in [5.74, 6) is 0.124. The zero-order valence-corrected chi connectivity index (χ0v) is 22.4. The van der Waals surface area contributed by atoms with Crippen LogP contribution in [-0.4, -0.2) is 8.42 Å². The molecule has 0 amide bonds. The van der Waals surface area contributed by atoms with Crippen LogP contribution in [0.3, 0.4) is 0 Å². The lowest BCUT2D eigenvalue weighted by Gasteiger charge is -2.15. The molecule has 11 heteroatoms. The summed E-state index contributed by atoms with van der Waals surface area (Å²) in [6.07, 6.45) is 0. The summed E-state index contributed by atoms with van der Waals surface area (Å²) in [6, 6.07) is 4.81. The second kappa shape index (κ2) is 8.06. The van der Waals surface area contributed by atoms with E-state index in [0.717, 1.165) is 0 Å². The van der Waals surface area contributed by atoms with Crippen molar-refractivity contribution < 1.29 is 12.6 Å². The first-order valence-corrected chi connectivity index (χ1v) is 12.4. The molecule has 0 N–H and O–H groups in total. The second-order valence-electron chi connectivity index (χ2n) is 4.01. The van der Waals surface area contributed by atoms with Crippen LogP contribution in [0.1, 0.15) is 0 Å². The van der Waals surface area contributed by atoms with Gasteiger partial charge in [-0.3, -0.25) is 0 Å². The monoisotopic (exact) mass is 779 g/mol. The molecular formula is C12H3Br7O3S. The Balaban J connectivity index is 2.61. The lowest BCUT2D eigenvalue weighted by Crippen LogP contribution is -2.11. The quantitative estimate of drug-likeness (QED) is 0.182. The van der Waals surface area contributed by atoms with Crippen molar-refractivity contribution in [1.82, 2.24) is 0 Å². The van der Waals surface area contributed by atoms with Crippen molar-refractivity contribution in [2.45, 2.75) is 4.90 Å². The Bertz CT molecular complexity index is 867. The van der Waals surface area contributed by atoms with E-state index in [1.165, 1.54) is 6.07 Å². The molecule has 3 nitrogen and oxygen atoms in total. The first-order valence-electron chi connectivity index (χ1n) is 5.47. The summed E-state index contributed by atoms with van der Waals surface area (Å²) >= 11 is 23.3. The number of rotatable bonds is 3. The van der Waals surface area contributed by atoms with Gasteiger partial charge in [-0.2, -0.15) is 8.42 Å². The van der Waals surface area contributed by atoms with Gasteiger partial charge in [0, 0.05) is 13.4 Å². The zero-order valence-electron chi connectivity index (χ0n) is 10.5. The summed E-state index contributed by atoms with van der Waals surface area (Å²) in [5, 5.41) is 0. The van der Waals surface area contributed by atoms with Crippen molar-refractivity contribution in [2.24, 2.45) is 0 Å². The molecule has 0 unspecified atom stereocenters. The zero-order chi connectivity index (χ0) is 17.5. The first-order chi connectivity index (χ1) is 10.6. The van der Waals surface area contributed by atoms with Gasteiger partial charge < -0.3 is 4.18 Å². The van der Waals surface area contributed by atoms with E-state index in [9.17, 15) is 8.42 Å². The number of halogens is 7. The summed E-state index contributed by atoms with van der Waals surface area (Å²) in [7, 11) is -4.05. The van der Waals surface area contributed by atoms with Gasteiger partial charge in [0.05, 0.1) is 17.9 Å². The fourth-order valence-corrected chi connectivity index (χ4v) is 7.28. The van der Waals surface area contributed by atoms with E-state index in [1.807, 2.05) is 0 Å². The molecule has 0 radical (unpaired) electrons. The maximum atomic E-state index is 12.6. The van der Waals surface area contributed by atoms with Gasteiger partial charge in [0.15, 0.2) is 5.75 Å². The highest BCUT2D eigenvalue weighted by molar-refractivity contribution is 9.15. The van der Waals surface area contributed by atoms with Gasteiger partial charge >= 0.3 is 10.1 Å². The van der Waals surface area contributed by atoms with Gasteiger partial charge in [-0.05, 0) is 114 Å². The largest absolute Gasteiger partial charge is 0.376 e. The summed E-state index contributed by atoms with van der Waals surface area (Å²) in [4.78, 5) is 0.0147. The molecule has 0 saturated carbocycles. The minimum atomic E-state index is -4.05. The number of benzene rings is 2. The summed E-state index contributed by atoms with van der Waals surface area (Å²) in [5.41, 5.74) is 0. The molecule has 0 aliphatic rings. The Hall–Kier alpha value is 1.55. The van der Waals surface area contributed by atoms with Crippen molar-refractivity contribution in [3.05, 3.63) is 49.5 Å². The highest BCUT2D eigenvalue weighted by Gasteiger charge is 2.26. The third-order valence-electron chi connectivity index (χ3n) is 2.53. The molecule has 0 aliphatic heterocycles. The third-order valence-corrected chi connectivity index (χ3v) is 11.3. The predicted molar refractivity (Wildman–Crippen MR) is 115 cm³/mol. The predicted octanol–water partition coefficient (Wildman–Crippen LogP) is 7.79. The third kappa shape index (κ3) is 4.45. The normalized spacial score (nSPS) is 11.6. The van der Waals surface area contributed by atoms with Gasteiger partial charge in [-0.25, -0.2) is 0 Å². The highest BCUT2D eigenvalue weighted by Crippen LogP contribution is 2.49. The molecule has 0 aromatic heterocycles. The van der Waals surface area contributed by atoms with Crippen LogP contribution in [0.4, 0.5) is 0 Å². The number of hydrogen-bond donors (Lipinski definition) is 0. The van der Waals surface area contributed by atoms with E-state index in [0.29, 0.717) is 31.3 Å². The lowest BCUT2D eigenvalue weighted by atomic mass is 10.3. The topological polar surface area (TPSA) is 43.4 Å². The van der Waals surface area contributed by atoms with E-state index < -0.39 is 10.1 Å². The van der Waals surface area contributed by atoms with E-state index >= 15 is 0 Å². The van der Waals surface area contributed by atoms with E-state index in [2.05, 4.69) is 112 Å². The van der Waals surface area contributed by atoms with Crippen molar-refractivity contribution in [3.8, 4) is 5.75 Å². The standard InChI is InChI=1S/C12H3Br7O3S/c13-4-1-2-5(14)6(3-4)23(20,21)22-12-10(18)8(16)7(15)9(17)11(12)19/h1-3H. The number of hydrogen-bond acceptors (Lipinski definition) is 3. The second-order valence-corrected chi connectivity index (χ2v) is 11.3. The van der Waals surface area contributed by atoms with Crippen LogP contribution in [0.5, 0.6) is 5.75 Å². The molecule has 0 atom stereocenters. The maximum Gasteiger partial charge on any atom is 0.340 e. The van der Waals surface area contributed by atoms with Crippen LogP contribution in [0.25, 0.3) is 0 Å². The Morgan fingerprint density at radius 2 is 1.22 bits per heavy atom. The molecule has 2 rings (SSSR count). The molecule has 0 fully saturated rings. The lowest BCUT2D eigenvalue weighted by molar-refractivity contribution is 0.482. The van der Waals surface area contributed by atoms with Crippen molar-refractivity contribution in [3.63, 3.8) is 0 Å². The Labute approximate surface area is 192 Å². The molecule has 0 spiro atoms. The van der Waals surface area contributed by atoms with Crippen molar-refractivity contribution in [1.29, 1.82) is 0 Å². The van der Waals surface area contributed by atoms with E-state index in [4.69, 9.17) is 4.18 Å². The average Bonchev–Trinajstić information content (AvgIpc) is 2.50. The molecule has 0 bridgehead atoms. The molecule has 0 aliphatic carbocycles. The molecule has 0 heterocycles. The van der Waals surface area contributed by atoms with Crippen molar-refractivity contribution >= 4 is 122 Å². The SMILES string of the molecule is O=S(=O)(Oc1c(Br)c(Br)c(Br)c(Br)c1Br)c1cc(Br)ccc1Br. The van der Waals surface area contributed by atoms with E-state index in [1.54, 1.807) is 12.1 Å². The van der Waals surface area contributed by atoms with Gasteiger partial charge in [-0.15, -0.1) is 0 Å². The fraction of sp³-hybridized carbons (Fsp3) is 0. The molecule has 2 aromatic rings. The van der Waals surface area contributed by atoms with Gasteiger partial charge in [-0.1, -0.05) is 15.9 Å². The molecule has 124 valence electrons. The Kier molecular flexibility index (Phi) is 7.31. The van der Waals surface area contributed by atoms with Crippen molar-refractivity contribution in [2.75, 3.05) is 0 Å². The molecule has 23 heavy (non-hydrogen) atoms. The van der Waals surface area contributed by atoms with Gasteiger partial charge in [0.1, 0.15) is 4.90 Å². The molecule has 0 saturated heterocycles. The minimum absolute atomic E-state index is 0.0147. The minimum Gasteiger partial charge on any atom is -0.376 e. The van der Waals surface area contributed by atoms with E-state index in [-0.39, 0.29) is 10.6 Å². The van der Waals surface area contributed by atoms with Crippen LogP contribution in [0.2, 0.25) is 0 Å². The Morgan fingerprint density at radius 1 is 0.739 bits per heavy atom. The van der Waals surface area contributed by atoms with Crippen LogP contribution >= 0.6 is 112 Å². The average molecular weight is 787 g/mol. The smallest absolute Gasteiger partial charge is 0.340 e. The van der Waals surface area contributed by atoms with Gasteiger partial charge in [0.2, 0.25) is 0 Å². The maximum absolute atomic E-state index is 12.6. The summed E-state index contributed by atoms with van der Waals surface area (Å²) < 4.78 is 34.5. The van der Waals surface area contributed by atoms with Gasteiger partial charge in [0.25, 0.3) is 0 Å². The summed E-state index contributed by atoms with van der Waals surface area (Å²) in [6.45, 7) is 0. The van der Waals surface area contributed by atoms with Crippen LogP contribution in [0.15, 0.2) is 54.4 Å².